The first kappa shape index (κ1) is 14.5. The highest BCUT2D eigenvalue weighted by Crippen LogP contribution is 2.23. The van der Waals surface area contributed by atoms with Crippen molar-refractivity contribution in [3.05, 3.63) is 0 Å². The minimum Gasteiger partial charge on any atom is -0.481 e. The molecule has 1 N–H and O–H groups in total. The molecule has 0 amide bonds. The summed E-state index contributed by atoms with van der Waals surface area (Å²) in [5.41, 5.74) is 0. The van der Waals surface area contributed by atoms with Gasteiger partial charge in [0.2, 0.25) is 0 Å². The third kappa shape index (κ3) is 5.07. The zero-order chi connectivity index (χ0) is 12.7. The highest BCUT2D eigenvalue weighted by Gasteiger charge is 2.26. The van der Waals surface area contributed by atoms with Crippen LogP contribution in [0.2, 0.25) is 0 Å². The topological polar surface area (TPSA) is 40.5 Å². The van der Waals surface area contributed by atoms with Crippen molar-refractivity contribution in [1.29, 1.82) is 0 Å². The maximum atomic E-state index is 11.0. The summed E-state index contributed by atoms with van der Waals surface area (Å²) in [5.74, 6) is -0.156. The predicted molar refractivity (Wildman–Crippen MR) is 70.2 cm³/mol. The molecule has 1 rings (SSSR count). The number of rotatable bonds is 6. The average molecular weight is 241 g/mol. The number of likely N-dealkylation sites (tertiary alicyclic amines) is 1. The van der Waals surface area contributed by atoms with Gasteiger partial charge in [0.25, 0.3) is 0 Å². The van der Waals surface area contributed by atoms with Crippen LogP contribution in [0.15, 0.2) is 0 Å². The van der Waals surface area contributed by atoms with Crippen LogP contribution in [-0.4, -0.2) is 35.1 Å². The summed E-state index contributed by atoms with van der Waals surface area (Å²) in [6.07, 6.45) is 7.65. The molecular weight excluding hydrogens is 214 g/mol. The van der Waals surface area contributed by atoms with Gasteiger partial charge in [-0.2, -0.15) is 0 Å². The number of aliphatic carboxylic acids is 1. The van der Waals surface area contributed by atoms with Gasteiger partial charge in [0.05, 0.1) is 6.42 Å². The molecular formula is C14H27NO2. The molecule has 1 heterocycles. The summed E-state index contributed by atoms with van der Waals surface area (Å²) in [6, 6.07) is 0.241. The smallest absolute Gasteiger partial charge is 0.304 e. The summed E-state index contributed by atoms with van der Waals surface area (Å²) >= 11 is 0. The van der Waals surface area contributed by atoms with E-state index < -0.39 is 5.97 Å². The minimum absolute atomic E-state index is 0.241. The van der Waals surface area contributed by atoms with Crippen LogP contribution >= 0.6 is 0 Å². The molecule has 0 aromatic carbocycles. The fourth-order valence-corrected chi connectivity index (χ4v) is 2.94. The first-order chi connectivity index (χ1) is 8.15. The number of carboxylic acid groups (broad SMARTS) is 1. The summed E-state index contributed by atoms with van der Waals surface area (Å²) in [7, 11) is 0. The van der Waals surface area contributed by atoms with Gasteiger partial charge in [0.1, 0.15) is 0 Å². The number of carbonyl (C=O) groups is 1. The highest BCUT2D eigenvalue weighted by atomic mass is 16.4. The first-order valence-corrected chi connectivity index (χ1v) is 7.11. The summed E-state index contributed by atoms with van der Waals surface area (Å²) in [5, 5.41) is 9.08. The number of hydrogen-bond acceptors (Lipinski definition) is 2. The molecule has 0 bridgehead atoms. The van der Waals surface area contributed by atoms with Crippen molar-refractivity contribution in [2.75, 3.05) is 13.1 Å². The van der Waals surface area contributed by atoms with Gasteiger partial charge < -0.3 is 5.11 Å². The lowest BCUT2D eigenvalue weighted by atomic mass is 9.92. The molecule has 0 aliphatic carbocycles. The van der Waals surface area contributed by atoms with E-state index in [4.69, 9.17) is 5.11 Å². The van der Waals surface area contributed by atoms with Crippen LogP contribution < -0.4 is 0 Å². The van der Waals surface area contributed by atoms with Crippen LogP contribution in [0.5, 0.6) is 0 Å². The first-order valence-electron chi connectivity index (χ1n) is 7.11. The van der Waals surface area contributed by atoms with Crippen molar-refractivity contribution in [1.82, 2.24) is 4.90 Å². The molecule has 0 saturated carbocycles. The molecule has 17 heavy (non-hydrogen) atoms. The molecule has 3 heteroatoms. The van der Waals surface area contributed by atoms with Gasteiger partial charge in [-0.1, -0.05) is 33.1 Å². The fourth-order valence-electron chi connectivity index (χ4n) is 2.94. The lowest BCUT2D eigenvalue weighted by Gasteiger charge is -2.34. The van der Waals surface area contributed by atoms with Crippen LogP contribution in [0.25, 0.3) is 0 Å². The van der Waals surface area contributed by atoms with Crippen LogP contribution in [0.1, 0.15) is 58.8 Å². The van der Waals surface area contributed by atoms with E-state index in [1.165, 1.54) is 25.7 Å². The second-order valence-electron chi connectivity index (χ2n) is 5.38. The maximum absolute atomic E-state index is 11.0. The Morgan fingerprint density at radius 1 is 1.24 bits per heavy atom. The van der Waals surface area contributed by atoms with Crippen molar-refractivity contribution in [2.24, 2.45) is 5.92 Å². The lowest BCUT2D eigenvalue weighted by molar-refractivity contribution is -0.139. The van der Waals surface area contributed by atoms with Gasteiger partial charge in [0.15, 0.2) is 0 Å². The van der Waals surface area contributed by atoms with E-state index in [1.807, 2.05) is 0 Å². The summed E-state index contributed by atoms with van der Waals surface area (Å²) in [6.45, 7) is 6.57. The molecule has 1 fully saturated rings. The van der Waals surface area contributed by atoms with Gasteiger partial charge in [-0.3, -0.25) is 9.69 Å². The largest absolute Gasteiger partial charge is 0.481 e. The van der Waals surface area contributed by atoms with E-state index >= 15 is 0 Å². The standard InChI is InChI=1S/C14H27NO2/c1-3-8-12(2)13(11-14(16)17)15-9-6-4-5-7-10-15/h12-13H,3-11H2,1-2H3,(H,16,17). The second-order valence-corrected chi connectivity index (χ2v) is 5.38. The summed E-state index contributed by atoms with van der Waals surface area (Å²) in [4.78, 5) is 13.5. The van der Waals surface area contributed by atoms with Gasteiger partial charge >= 0.3 is 5.97 Å². The summed E-state index contributed by atoms with van der Waals surface area (Å²) < 4.78 is 0. The quantitative estimate of drug-likeness (QED) is 0.776. The Labute approximate surface area is 105 Å². The minimum atomic E-state index is -0.651. The van der Waals surface area contributed by atoms with E-state index in [0.29, 0.717) is 12.3 Å². The normalized spacial score (nSPS) is 21.8. The van der Waals surface area contributed by atoms with Gasteiger partial charge in [-0.25, -0.2) is 0 Å². The Bertz CT molecular complexity index is 222. The number of nitrogens with zero attached hydrogens (tertiary/aromatic N) is 1. The van der Waals surface area contributed by atoms with Crippen LogP contribution in [-0.2, 0) is 4.79 Å². The monoisotopic (exact) mass is 241 g/mol. The third-order valence-electron chi connectivity index (χ3n) is 3.89. The van der Waals surface area contributed by atoms with Gasteiger partial charge in [0, 0.05) is 6.04 Å². The molecule has 0 spiro atoms. The molecule has 2 unspecified atom stereocenters. The molecule has 0 aromatic heterocycles. The lowest BCUT2D eigenvalue weighted by Crippen LogP contribution is -2.41. The Kier molecular flexibility index (Phi) is 6.56. The SMILES string of the molecule is CCCC(C)C(CC(=O)O)N1CCCCCC1. The molecule has 1 aliphatic heterocycles. The fraction of sp³-hybridized carbons (Fsp3) is 0.929. The van der Waals surface area contributed by atoms with Crippen LogP contribution in [0, 0.1) is 5.92 Å². The van der Waals surface area contributed by atoms with Gasteiger partial charge in [-0.05, 0) is 38.3 Å². The van der Waals surface area contributed by atoms with E-state index in [2.05, 4.69) is 18.7 Å². The van der Waals surface area contributed by atoms with Crippen molar-refractivity contribution in [3.8, 4) is 0 Å². The number of hydrogen-bond donors (Lipinski definition) is 1. The average Bonchev–Trinajstić information content (AvgIpc) is 2.54. The van der Waals surface area contributed by atoms with E-state index in [-0.39, 0.29) is 6.04 Å². The van der Waals surface area contributed by atoms with Crippen molar-refractivity contribution in [3.63, 3.8) is 0 Å². The maximum Gasteiger partial charge on any atom is 0.304 e. The van der Waals surface area contributed by atoms with E-state index in [1.54, 1.807) is 0 Å². The van der Waals surface area contributed by atoms with Crippen LogP contribution in [0.3, 0.4) is 0 Å². The number of carboxylic acids is 1. The molecule has 2 atom stereocenters. The Morgan fingerprint density at radius 2 is 1.82 bits per heavy atom. The molecule has 3 nitrogen and oxygen atoms in total. The zero-order valence-corrected chi connectivity index (χ0v) is 11.3. The van der Waals surface area contributed by atoms with E-state index in [0.717, 1.165) is 25.9 Å². The van der Waals surface area contributed by atoms with Crippen molar-refractivity contribution < 1.29 is 9.90 Å². The predicted octanol–water partition coefficient (Wildman–Crippen LogP) is 3.14. The van der Waals surface area contributed by atoms with E-state index in [9.17, 15) is 4.79 Å². The molecule has 100 valence electrons. The van der Waals surface area contributed by atoms with Crippen LogP contribution in [0.4, 0.5) is 0 Å². The molecule has 1 aliphatic rings. The molecule has 1 saturated heterocycles. The Hall–Kier alpha value is -0.570. The Morgan fingerprint density at radius 3 is 2.29 bits per heavy atom. The Balaban J connectivity index is 2.61. The van der Waals surface area contributed by atoms with Crippen molar-refractivity contribution in [2.45, 2.75) is 64.8 Å². The highest BCUT2D eigenvalue weighted by molar-refractivity contribution is 5.67. The van der Waals surface area contributed by atoms with Gasteiger partial charge in [-0.15, -0.1) is 0 Å². The zero-order valence-electron chi connectivity index (χ0n) is 11.3. The second kappa shape index (κ2) is 7.70. The molecule has 0 radical (unpaired) electrons. The van der Waals surface area contributed by atoms with Crippen molar-refractivity contribution >= 4 is 5.97 Å². The molecule has 0 aromatic rings. The third-order valence-corrected chi connectivity index (χ3v) is 3.89.